The number of carboxylic acid groups (broad SMARTS) is 1. The zero-order valence-electron chi connectivity index (χ0n) is 3.90. The summed E-state index contributed by atoms with van der Waals surface area (Å²) in [4.78, 5) is 9.94. The van der Waals surface area contributed by atoms with Crippen LogP contribution >= 0.6 is 11.8 Å². The molecule has 1 aliphatic heterocycles. The van der Waals surface area contributed by atoms with Crippen LogP contribution < -0.4 is 10.4 Å². The highest BCUT2D eigenvalue weighted by Crippen LogP contribution is 2.15. The second-order valence-corrected chi connectivity index (χ2v) is 2.23. The van der Waals surface area contributed by atoms with Crippen molar-refractivity contribution in [3.8, 4) is 0 Å². The van der Waals surface area contributed by atoms with Crippen LogP contribution in [0, 0.1) is 0 Å². The fourth-order valence-electron chi connectivity index (χ4n) is 0.374. The van der Waals surface area contributed by atoms with Crippen molar-refractivity contribution in [2.45, 2.75) is 5.37 Å². The van der Waals surface area contributed by atoms with Crippen LogP contribution in [-0.4, -0.2) is 11.3 Å². The number of thioether (sulfide) groups is 1. The van der Waals surface area contributed by atoms with Crippen molar-refractivity contribution in [2.24, 2.45) is 0 Å². The van der Waals surface area contributed by atoms with Gasteiger partial charge in [-0.15, -0.1) is 0 Å². The molecular formula is C4H3NO2S. The lowest BCUT2D eigenvalue weighted by Crippen LogP contribution is -2.36. The third kappa shape index (κ3) is 1.02. The molecule has 0 fully saturated rings. The van der Waals surface area contributed by atoms with Gasteiger partial charge in [0.2, 0.25) is 6.20 Å². The minimum atomic E-state index is -1.12. The molecule has 1 atom stereocenters. The Kier molecular flexibility index (Phi) is 1.55. The van der Waals surface area contributed by atoms with Crippen molar-refractivity contribution in [2.75, 3.05) is 0 Å². The normalized spacial score (nSPS) is 26.2. The van der Waals surface area contributed by atoms with Gasteiger partial charge in [-0.2, -0.15) is 0 Å². The molecular weight excluding hydrogens is 126 g/mol. The number of carboxylic acids is 1. The maximum atomic E-state index is 9.94. The Labute approximate surface area is 50.8 Å². The van der Waals surface area contributed by atoms with Crippen molar-refractivity contribution >= 4 is 17.7 Å². The van der Waals surface area contributed by atoms with Crippen molar-refractivity contribution in [1.29, 1.82) is 0 Å². The van der Waals surface area contributed by atoms with E-state index >= 15 is 0 Å². The first-order valence-electron chi connectivity index (χ1n) is 2.02. The van der Waals surface area contributed by atoms with Crippen LogP contribution in [0.3, 0.4) is 0 Å². The molecule has 0 saturated heterocycles. The van der Waals surface area contributed by atoms with E-state index in [1.807, 2.05) is 0 Å². The Morgan fingerprint density at radius 1 is 1.88 bits per heavy atom. The summed E-state index contributed by atoms with van der Waals surface area (Å²) in [5, 5.41) is 14.4. The summed E-state index contributed by atoms with van der Waals surface area (Å²) in [6.45, 7) is 0. The summed E-state index contributed by atoms with van der Waals surface area (Å²) in [6.07, 6.45) is 1.46. The van der Waals surface area contributed by atoms with Crippen molar-refractivity contribution in [1.82, 2.24) is 5.32 Å². The maximum absolute atomic E-state index is 9.94. The van der Waals surface area contributed by atoms with E-state index in [4.69, 9.17) is 0 Å². The van der Waals surface area contributed by atoms with Gasteiger partial charge in [0.05, 0.1) is 0 Å². The first-order chi connectivity index (χ1) is 3.80. The molecule has 0 aromatic rings. The summed E-state index contributed by atoms with van der Waals surface area (Å²) in [7, 11) is 0. The van der Waals surface area contributed by atoms with Crippen LogP contribution in [0.25, 0.3) is 0 Å². The quantitative estimate of drug-likeness (QED) is 0.451. The largest absolute Gasteiger partial charge is 0.543 e. The molecule has 1 unspecified atom stereocenters. The predicted molar refractivity (Wildman–Crippen MR) is 27.7 cm³/mol. The molecule has 8 heavy (non-hydrogen) atoms. The minimum absolute atomic E-state index is 0.699. The van der Waals surface area contributed by atoms with Crippen LogP contribution in [0.4, 0.5) is 0 Å². The molecule has 2 radical (unpaired) electrons. The maximum Gasteiger partial charge on any atom is 0.288 e. The van der Waals surface area contributed by atoms with Gasteiger partial charge in [0, 0.05) is 5.41 Å². The van der Waals surface area contributed by atoms with Crippen molar-refractivity contribution < 1.29 is 9.90 Å². The Morgan fingerprint density at radius 3 is 2.88 bits per heavy atom. The summed E-state index contributed by atoms with van der Waals surface area (Å²) < 4.78 is 0. The molecule has 1 heterocycles. The van der Waals surface area contributed by atoms with E-state index in [-0.39, 0.29) is 0 Å². The molecule has 1 rings (SSSR count). The average Bonchev–Trinajstić information content (AvgIpc) is 2.12. The fourth-order valence-corrected chi connectivity index (χ4v) is 0.915. The highest BCUT2D eigenvalue weighted by molar-refractivity contribution is 8.03. The molecule has 0 N–H and O–H groups in total. The second kappa shape index (κ2) is 2.19. The van der Waals surface area contributed by atoms with E-state index in [1.165, 1.54) is 6.20 Å². The molecule has 0 aliphatic carbocycles. The molecule has 1 aliphatic rings. The van der Waals surface area contributed by atoms with Gasteiger partial charge in [0.1, 0.15) is 11.3 Å². The Hall–Kier alpha value is -0.480. The van der Waals surface area contributed by atoms with E-state index in [9.17, 15) is 9.90 Å². The third-order valence-electron chi connectivity index (χ3n) is 0.691. The van der Waals surface area contributed by atoms with Gasteiger partial charge >= 0.3 is 0 Å². The molecule has 0 saturated carbocycles. The molecule has 0 spiro atoms. The monoisotopic (exact) mass is 129 g/mol. The molecule has 0 aromatic carbocycles. The lowest BCUT2D eigenvalue weighted by Gasteiger charge is -1.95. The zero-order valence-corrected chi connectivity index (χ0v) is 4.72. The van der Waals surface area contributed by atoms with Gasteiger partial charge in [0.25, 0.3) is 5.37 Å². The van der Waals surface area contributed by atoms with E-state index < -0.39 is 11.3 Å². The molecule has 0 aromatic heterocycles. The van der Waals surface area contributed by atoms with E-state index in [0.29, 0.717) is 0 Å². The van der Waals surface area contributed by atoms with Gasteiger partial charge in [-0.25, -0.2) is 0 Å². The Balaban J connectivity index is 2.41. The minimum Gasteiger partial charge on any atom is -0.543 e. The van der Waals surface area contributed by atoms with Crippen LogP contribution in [0.15, 0.2) is 11.6 Å². The summed E-state index contributed by atoms with van der Waals surface area (Å²) in [6, 6.07) is 0. The smallest absolute Gasteiger partial charge is 0.288 e. The van der Waals surface area contributed by atoms with Gasteiger partial charge in [-0.1, -0.05) is 0 Å². The van der Waals surface area contributed by atoms with Gasteiger partial charge in [-0.05, 0) is 11.8 Å². The van der Waals surface area contributed by atoms with E-state index in [1.54, 1.807) is 5.41 Å². The van der Waals surface area contributed by atoms with Crippen LogP contribution in [0.1, 0.15) is 0 Å². The van der Waals surface area contributed by atoms with Crippen LogP contribution in [0.5, 0.6) is 0 Å². The first kappa shape index (κ1) is 5.65. The van der Waals surface area contributed by atoms with Crippen LogP contribution in [-0.2, 0) is 4.79 Å². The standard InChI is InChI=1S/C4H4NO2S/c6-4(7)3-5-1-2-8-3/h1-3H,(H,6,7)/q+1/p-1. The average molecular weight is 129 g/mol. The molecule has 42 valence electrons. The fraction of sp³-hybridized carbons (Fsp3) is 0.250. The number of carbonyl (C=O) groups is 1. The van der Waals surface area contributed by atoms with Crippen LogP contribution in [0.2, 0.25) is 0 Å². The van der Waals surface area contributed by atoms with Gasteiger partial charge < -0.3 is 9.90 Å². The van der Waals surface area contributed by atoms with E-state index in [0.717, 1.165) is 11.8 Å². The van der Waals surface area contributed by atoms with Gasteiger partial charge in [-0.3, -0.25) is 0 Å². The summed E-state index contributed by atoms with van der Waals surface area (Å²) in [5.41, 5.74) is 0. The highest BCUT2D eigenvalue weighted by Gasteiger charge is 2.25. The summed E-state index contributed by atoms with van der Waals surface area (Å²) >= 11 is 1.14. The highest BCUT2D eigenvalue weighted by atomic mass is 32.2. The van der Waals surface area contributed by atoms with Crippen molar-refractivity contribution in [3.63, 3.8) is 0 Å². The lowest BCUT2D eigenvalue weighted by molar-refractivity contribution is -0.305. The SMILES string of the molecule is O=C([O-])C1[N+]C=CS1. The second-order valence-electron chi connectivity index (χ2n) is 1.24. The molecule has 4 heteroatoms. The number of aliphatic carboxylic acids is 1. The van der Waals surface area contributed by atoms with Crippen molar-refractivity contribution in [3.05, 3.63) is 11.6 Å². The number of rotatable bonds is 1. The third-order valence-corrected chi connectivity index (χ3v) is 1.54. The zero-order chi connectivity index (χ0) is 5.98. The number of hydrogen-bond donors (Lipinski definition) is 0. The Bertz CT molecular complexity index is 126. The topological polar surface area (TPSA) is 54.2 Å². The molecule has 0 bridgehead atoms. The van der Waals surface area contributed by atoms with E-state index in [2.05, 4.69) is 5.32 Å². The van der Waals surface area contributed by atoms with Gasteiger partial charge in [0.15, 0.2) is 0 Å². The summed E-state index contributed by atoms with van der Waals surface area (Å²) in [5.74, 6) is -1.12. The lowest BCUT2D eigenvalue weighted by atomic mass is 10.6. The number of carbonyl (C=O) groups excluding carboxylic acids is 1. The first-order valence-corrected chi connectivity index (χ1v) is 2.96. The number of hydrogen-bond acceptors (Lipinski definition) is 3. The number of nitrogens with zero attached hydrogens (tertiary/aromatic N) is 1. The molecule has 0 amide bonds. The Morgan fingerprint density at radius 2 is 2.62 bits per heavy atom. The predicted octanol–water partition coefficient (Wildman–Crippen LogP) is -1.12. The molecule has 3 nitrogen and oxygen atoms in total.